The van der Waals surface area contributed by atoms with Crippen molar-refractivity contribution >= 4 is 33.5 Å². The quantitative estimate of drug-likeness (QED) is 0.866. The van der Waals surface area contributed by atoms with Crippen molar-refractivity contribution in [1.29, 1.82) is 0 Å². The highest BCUT2D eigenvalue weighted by Crippen LogP contribution is 2.24. The predicted octanol–water partition coefficient (Wildman–Crippen LogP) is 2.32. The Labute approximate surface area is 130 Å². The van der Waals surface area contributed by atoms with E-state index in [0.717, 1.165) is 0 Å². The van der Waals surface area contributed by atoms with Crippen molar-refractivity contribution < 1.29 is 19.1 Å². The minimum absolute atomic E-state index is 0.0560. The molecule has 0 aromatic heterocycles. The molecule has 21 heavy (non-hydrogen) atoms. The molecule has 2 atom stereocenters. The third-order valence-corrected chi connectivity index (χ3v) is 4.25. The van der Waals surface area contributed by atoms with Gasteiger partial charge >= 0.3 is 5.97 Å². The molecule has 1 aromatic carbocycles. The molecule has 1 aliphatic heterocycles. The second-order valence-corrected chi connectivity index (χ2v) is 6.03. The Morgan fingerprint density at radius 1 is 1.52 bits per heavy atom. The van der Waals surface area contributed by atoms with Gasteiger partial charge in [-0.2, -0.15) is 0 Å². The number of carboxylic acids is 1. The number of carbonyl (C=O) groups excluding carboxylic acids is 1. The summed E-state index contributed by atoms with van der Waals surface area (Å²) in [6.45, 7) is 2.40. The van der Waals surface area contributed by atoms with E-state index in [9.17, 15) is 14.0 Å². The number of hydrogen-bond donors (Lipinski definition) is 2. The van der Waals surface area contributed by atoms with Gasteiger partial charge in [0.05, 0.1) is 18.2 Å². The van der Waals surface area contributed by atoms with Crippen LogP contribution in [0.4, 0.5) is 10.1 Å². The van der Waals surface area contributed by atoms with E-state index in [4.69, 9.17) is 5.11 Å². The first-order valence-electron chi connectivity index (χ1n) is 6.60. The molecule has 0 saturated carbocycles. The third-order valence-electron chi connectivity index (χ3n) is 3.75. The zero-order valence-corrected chi connectivity index (χ0v) is 13.1. The van der Waals surface area contributed by atoms with Gasteiger partial charge in [0, 0.05) is 10.5 Å². The van der Waals surface area contributed by atoms with Gasteiger partial charge in [-0.05, 0) is 38.1 Å². The molecule has 1 aromatic rings. The van der Waals surface area contributed by atoms with Crippen molar-refractivity contribution in [1.82, 2.24) is 4.90 Å². The van der Waals surface area contributed by atoms with Crippen LogP contribution in [0.15, 0.2) is 22.7 Å². The lowest BCUT2D eigenvalue weighted by Crippen LogP contribution is -2.38. The highest BCUT2D eigenvalue weighted by atomic mass is 79.9. The topological polar surface area (TPSA) is 69.6 Å². The summed E-state index contributed by atoms with van der Waals surface area (Å²) in [5.74, 6) is -2.17. The molecule has 2 N–H and O–H groups in total. The molecule has 1 amide bonds. The fraction of sp³-hybridized carbons (Fsp3) is 0.429. The number of nitrogens with one attached hydrogen (secondary N) is 1. The summed E-state index contributed by atoms with van der Waals surface area (Å²) < 4.78 is 14.2. The van der Waals surface area contributed by atoms with Gasteiger partial charge in [-0.3, -0.25) is 14.5 Å². The smallest absolute Gasteiger partial charge is 0.308 e. The molecule has 1 fully saturated rings. The van der Waals surface area contributed by atoms with Gasteiger partial charge in [0.2, 0.25) is 5.91 Å². The maximum Gasteiger partial charge on any atom is 0.308 e. The number of carboxylic acid groups (broad SMARTS) is 1. The average Bonchev–Trinajstić information content (AvgIpc) is 2.74. The number of aliphatic carboxylic acids is 1. The number of anilines is 1. The minimum atomic E-state index is -0.843. The first-order chi connectivity index (χ1) is 9.88. The Bertz CT molecular complexity index is 567. The number of hydrogen-bond acceptors (Lipinski definition) is 3. The number of likely N-dealkylation sites (tertiary alicyclic amines) is 1. The lowest BCUT2D eigenvalue weighted by atomic mass is 10.0. The lowest BCUT2D eigenvalue weighted by molar-refractivity contribution is -0.142. The van der Waals surface area contributed by atoms with Crippen molar-refractivity contribution in [2.24, 2.45) is 5.92 Å². The Balaban J connectivity index is 1.95. The molecule has 1 saturated heterocycles. The summed E-state index contributed by atoms with van der Waals surface area (Å²) in [7, 11) is 0. The zero-order valence-electron chi connectivity index (χ0n) is 11.5. The maximum atomic E-state index is 13.6. The van der Waals surface area contributed by atoms with Gasteiger partial charge in [0.25, 0.3) is 0 Å². The number of carbonyl (C=O) groups is 2. The van der Waals surface area contributed by atoms with Gasteiger partial charge in [0.15, 0.2) is 0 Å². The summed E-state index contributed by atoms with van der Waals surface area (Å²) >= 11 is 3.14. The molecule has 7 heteroatoms. The molecule has 114 valence electrons. The number of rotatable bonds is 4. The van der Waals surface area contributed by atoms with E-state index in [1.807, 2.05) is 0 Å². The zero-order chi connectivity index (χ0) is 15.6. The van der Waals surface area contributed by atoms with Crippen LogP contribution in [-0.4, -0.2) is 41.0 Å². The van der Waals surface area contributed by atoms with Crippen molar-refractivity contribution in [3.63, 3.8) is 0 Å². The largest absolute Gasteiger partial charge is 0.481 e. The molecule has 5 nitrogen and oxygen atoms in total. The van der Waals surface area contributed by atoms with Crippen LogP contribution in [0.5, 0.6) is 0 Å². The summed E-state index contributed by atoms with van der Waals surface area (Å²) in [4.78, 5) is 24.8. The van der Waals surface area contributed by atoms with E-state index in [0.29, 0.717) is 17.4 Å². The molecule has 0 radical (unpaired) electrons. The number of benzene rings is 1. The Hall–Kier alpha value is -1.47. The summed E-state index contributed by atoms with van der Waals surface area (Å²) in [5.41, 5.74) is 0.116. The number of halogens is 2. The lowest BCUT2D eigenvalue weighted by Gasteiger charge is -2.22. The van der Waals surface area contributed by atoms with Gasteiger partial charge in [-0.15, -0.1) is 0 Å². The van der Waals surface area contributed by atoms with Crippen LogP contribution in [0.25, 0.3) is 0 Å². The van der Waals surface area contributed by atoms with Gasteiger partial charge in [0.1, 0.15) is 5.82 Å². The summed E-state index contributed by atoms with van der Waals surface area (Å²) in [5, 5.41) is 11.6. The molecule has 0 bridgehead atoms. The molecule has 1 aliphatic rings. The van der Waals surface area contributed by atoms with Crippen LogP contribution in [0.2, 0.25) is 0 Å². The fourth-order valence-corrected chi connectivity index (χ4v) is 2.86. The number of nitrogens with zero attached hydrogens (tertiary/aromatic N) is 1. The molecule has 1 heterocycles. The minimum Gasteiger partial charge on any atom is -0.481 e. The molecular weight excluding hydrogens is 343 g/mol. The Morgan fingerprint density at radius 3 is 2.81 bits per heavy atom. The molecular formula is C14H16BrFN2O3. The van der Waals surface area contributed by atoms with E-state index in [2.05, 4.69) is 21.2 Å². The van der Waals surface area contributed by atoms with Gasteiger partial charge in [-0.25, -0.2) is 4.39 Å². The summed E-state index contributed by atoms with van der Waals surface area (Å²) in [6, 6.07) is 4.18. The van der Waals surface area contributed by atoms with E-state index in [-0.39, 0.29) is 24.2 Å². The predicted molar refractivity (Wildman–Crippen MR) is 79.5 cm³/mol. The van der Waals surface area contributed by atoms with Crippen LogP contribution in [-0.2, 0) is 9.59 Å². The van der Waals surface area contributed by atoms with E-state index in [1.165, 1.54) is 12.1 Å². The van der Waals surface area contributed by atoms with Crippen molar-refractivity contribution in [3.8, 4) is 0 Å². The van der Waals surface area contributed by atoms with Crippen LogP contribution in [0, 0.1) is 11.7 Å². The standard InChI is InChI=1S/C14H16BrFN2O3/c1-8-10(14(20)21)4-5-18(8)7-13(19)17-12-3-2-9(15)6-11(12)16/h2-3,6,8,10H,4-5,7H2,1H3,(H,17,19)(H,20,21). The Kier molecular flexibility index (Phi) is 4.95. The monoisotopic (exact) mass is 358 g/mol. The average molecular weight is 359 g/mol. The van der Waals surface area contributed by atoms with Gasteiger partial charge in [-0.1, -0.05) is 15.9 Å². The SMILES string of the molecule is CC1C(C(=O)O)CCN1CC(=O)Nc1ccc(Br)cc1F. The Morgan fingerprint density at radius 2 is 2.24 bits per heavy atom. The van der Waals surface area contributed by atoms with Crippen molar-refractivity contribution in [2.45, 2.75) is 19.4 Å². The highest BCUT2D eigenvalue weighted by Gasteiger charge is 2.36. The molecule has 0 aliphatic carbocycles. The summed E-state index contributed by atoms with van der Waals surface area (Å²) in [6.07, 6.45) is 0.524. The highest BCUT2D eigenvalue weighted by molar-refractivity contribution is 9.10. The van der Waals surface area contributed by atoms with Crippen LogP contribution in [0.3, 0.4) is 0 Å². The van der Waals surface area contributed by atoms with Crippen LogP contribution in [0.1, 0.15) is 13.3 Å². The molecule has 2 unspecified atom stereocenters. The normalized spacial score (nSPS) is 22.2. The van der Waals surface area contributed by atoms with E-state index < -0.39 is 17.7 Å². The van der Waals surface area contributed by atoms with Crippen molar-refractivity contribution in [3.05, 3.63) is 28.5 Å². The first-order valence-corrected chi connectivity index (χ1v) is 7.39. The van der Waals surface area contributed by atoms with E-state index in [1.54, 1.807) is 17.9 Å². The second kappa shape index (κ2) is 6.53. The third kappa shape index (κ3) is 3.79. The van der Waals surface area contributed by atoms with Crippen LogP contribution < -0.4 is 5.32 Å². The van der Waals surface area contributed by atoms with Crippen molar-refractivity contribution in [2.75, 3.05) is 18.4 Å². The number of amides is 1. The van der Waals surface area contributed by atoms with E-state index >= 15 is 0 Å². The molecule has 2 rings (SSSR count). The van der Waals surface area contributed by atoms with Gasteiger partial charge < -0.3 is 10.4 Å². The maximum absolute atomic E-state index is 13.6. The fourth-order valence-electron chi connectivity index (χ4n) is 2.52. The van der Waals surface area contributed by atoms with Crippen LogP contribution >= 0.6 is 15.9 Å². The first kappa shape index (κ1) is 15.9. The molecule has 0 spiro atoms. The second-order valence-electron chi connectivity index (χ2n) is 5.12.